The zero-order chi connectivity index (χ0) is 21.1. The van der Waals surface area contributed by atoms with Crippen molar-refractivity contribution in [2.45, 2.75) is 25.0 Å². The van der Waals surface area contributed by atoms with Crippen molar-refractivity contribution in [1.29, 1.82) is 0 Å². The monoisotopic (exact) mass is 409 g/mol. The fourth-order valence-electron chi connectivity index (χ4n) is 3.69. The zero-order valence-electron chi connectivity index (χ0n) is 16.1. The normalized spacial score (nSPS) is 18.5. The van der Waals surface area contributed by atoms with Gasteiger partial charge in [-0.2, -0.15) is 0 Å². The van der Waals surface area contributed by atoms with E-state index in [0.717, 1.165) is 17.5 Å². The van der Waals surface area contributed by atoms with Gasteiger partial charge in [-0.1, -0.05) is 12.1 Å². The molecule has 0 spiro atoms. The molecule has 0 aliphatic carbocycles. The Labute approximate surface area is 171 Å². The smallest absolute Gasteiger partial charge is 0.251 e. The van der Waals surface area contributed by atoms with E-state index in [1.807, 2.05) is 6.07 Å². The second-order valence-electron chi connectivity index (χ2n) is 7.14. The van der Waals surface area contributed by atoms with Crippen LogP contribution in [0.5, 0.6) is 0 Å². The lowest BCUT2D eigenvalue weighted by Gasteiger charge is -2.29. The lowest BCUT2D eigenvalue weighted by molar-refractivity contribution is 0.0357. The summed E-state index contributed by atoms with van der Waals surface area (Å²) in [6.45, 7) is 0.0891. The number of carbonyl (C=O) groups excluding carboxylic acids is 1. The summed E-state index contributed by atoms with van der Waals surface area (Å²) in [6, 6.07) is 9.51. The molecule has 2 aromatic heterocycles. The van der Waals surface area contributed by atoms with Gasteiger partial charge in [-0.05, 0) is 42.2 Å². The summed E-state index contributed by atoms with van der Waals surface area (Å²) in [6.07, 6.45) is 5.85. The maximum absolute atomic E-state index is 13.4. The number of aliphatic hydroxyl groups excluding tert-OH is 1. The minimum atomic E-state index is -0.769. The molecule has 1 aromatic carbocycles. The number of ketones is 1. The van der Waals surface area contributed by atoms with Crippen LogP contribution in [-0.2, 0) is 16.9 Å². The summed E-state index contributed by atoms with van der Waals surface area (Å²) < 4.78 is 20.9. The topological polar surface area (TPSA) is 94.3 Å². The van der Waals surface area contributed by atoms with E-state index in [0.29, 0.717) is 18.9 Å². The Morgan fingerprint density at radius 3 is 2.50 bits per heavy atom. The van der Waals surface area contributed by atoms with Crippen LogP contribution >= 0.6 is 0 Å². The Hall–Kier alpha value is -3.23. The SMILES string of the molecule is O=C(CO)c1cnc(Cn2ccc(C3(c4ccc(F)cc4)CCCO3)cc2=O)nc1. The van der Waals surface area contributed by atoms with Crippen LogP contribution in [0.15, 0.2) is 59.8 Å². The van der Waals surface area contributed by atoms with Gasteiger partial charge in [0.1, 0.15) is 23.8 Å². The van der Waals surface area contributed by atoms with Crippen LogP contribution in [0.1, 0.15) is 40.2 Å². The molecule has 3 aromatic rings. The number of ether oxygens (including phenoxy) is 1. The lowest BCUT2D eigenvalue weighted by atomic mass is 9.84. The third kappa shape index (κ3) is 3.79. The second-order valence-corrected chi connectivity index (χ2v) is 7.14. The summed E-state index contributed by atoms with van der Waals surface area (Å²) in [5, 5.41) is 8.88. The number of aromatic nitrogens is 3. The zero-order valence-corrected chi connectivity index (χ0v) is 16.1. The first-order valence-corrected chi connectivity index (χ1v) is 9.58. The Balaban J connectivity index is 1.61. The Kier molecular flexibility index (Phi) is 5.52. The molecule has 0 amide bonds. The molecule has 0 bridgehead atoms. The van der Waals surface area contributed by atoms with Gasteiger partial charge in [-0.25, -0.2) is 14.4 Å². The molecule has 1 N–H and O–H groups in total. The highest BCUT2D eigenvalue weighted by atomic mass is 19.1. The van der Waals surface area contributed by atoms with Gasteiger partial charge in [0.2, 0.25) is 0 Å². The molecule has 0 saturated carbocycles. The van der Waals surface area contributed by atoms with Crippen molar-refractivity contribution in [1.82, 2.24) is 14.5 Å². The highest BCUT2D eigenvalue weighted by molar-refractivity contribution is 5.96. The van der Waals surface area contributed by atoms with E-state index < -0.39 is 18.0 Å². The van der Waals surface area contributed by atoms with E-state index in [2.05, 4.69) is 9.97 Å². The van der Waals surface area contributed by atoms with Crippen LogP contribution in [-0.4, -0.2) is 38.6 Å². The van der Waals surface area contributed by atoms with Crippen LogP contribution in [0, 0.1) is 5.82 Å². The van der Waals surface area contributed by atoms with Crippen LogP contribution in [0.25, 0.3) is 0 Å². The van der Waals surface area contributed by atoms with Gasteiger partial charge in [-0.3, -0.25) is 9.59 Å². The van der Waals surface area contributed by atoms with Crippen LogP contribution in [0.4, 0.5) is 4.39 Å². The number of hydrogen-bond donors (Lipinski definition) is 1. The first kappa shape index (κ1) is 20.1. The number of rotatable bonds is 6. The van der Waals surface area contributed by atoms with Crippen molar-refractivity contribution in [3.05, 3.63) is 93.7 Å². The minimum absolute atomic E-state index is 0.136. The van der Waals surface area contributed by atoms with Gasteiger partial charge in [0.25, 0.3) is 5.56 Å². The third-order valence-electron chi connectivity index (χ3n) is 5.28. The molecular weight excluding hydrogens is 389 g/mol. The Bertz CT molecular complexity index is 1100. The van der Waals surface area contributed by atoms with E-state index in [4.69, 9.17) is 9.84 Å². The first-order valence-electron chi connectivity index (χ1n) is 9.58. The number of aliphatic hydroxyl groups is 1. The molecule has 30 heavy (non-hydrogen) atoms. The predicted molar refractivity (Wildman–Crippen MR) is 106 cm³/mol. The molecule has 7 nitrogen and oxygen atoms in total. The van der Waals surface area contributed by atoms with Crippen molar-refractivity contribution in [3.8, 4) is 0 Å². The Morgan fingerprint density at radius 1 is 1.17 bits per heavy atom. The largest absolute Gasteiger partial charge is 0.388 e. The third-order valence-corrected chi connectivity index (χ3v) is 5.28. The number of hydrogen-bond acceptors (Lipinski definition) is 6. The van der Waals surface area contributed by atoms with E-state index in [1.165, 1.54) is 35.2 Å². The standard InChI is InChI=1S/C22H20FN3O4/c23-18-4-2-16(3-5-18)22(7-1-9-30-22)17-6-8-26(21(29)10-17)13-20-24-11-15(12-25-20)19(28)14-27/h2-6,8,10-12,27H,1,7,9,13-14H2. The molecule has 8 heteroatoms. The fraction of sp³-hybridized carbons (Fsp3) is 0.273. The number of Topliss-reactive ketones (excluding diaryl/α,β-unsaturated/α-hetero) is 1. The highest BCUT2D eigenvalue weighted by Crippen LogP contribution is 2.41. The Morgan fingerprint density at radius 2 is 1.90 bits per heavy atom. The van der Waals surface area contributed by atoms with E-state index in [1.54, 1.807) is 18.3 Å². The van der Waals surface area contributed by atoms with Gasteiger partial charge in [-0.15, -0.1) is 0 Å². The molecule has 4 rings (SSSR count). The molecule has 0 radical (unpaired) electrons. The summed E-state index contributed by atoms with van der Waals surface area (Å²) in [5.74, 6) is -0.426. The molecule has 1 atom stereocenters. The van der Waals surface area contributed by atoms with Crippen molar-refractivity contribution >= 4 is 5.78 Å². The number of halogens is 1. The number of benzene rings is 1. The van der Waals surface area contributed by atoms with Crippen molar-refractivity contribution in [3.63, 3.8) is 0 Å². The van der Waals surface area contributed by atoms with E-state index >= 15 is 0 Å². The van der Waals surface area contributed by atoms with Gasteiger partial charge in [0.05, 0.1) is 12.1 Å². The molecule has 1 saturated heterocycles. The van der Waals surface area contributed by atoms with Gasteiger partial charge >= 0.3 is 0 Å². The summed E-state index contributed by atoms with van der Waals surface area (Å²) in [4.78, 5) is 32.4. The molecule has 1 fully saturated rings. The number of carbonyl (C=O) groups is 1. The highest BCUT2D eigenvalue weighted by Gasteiger charge is 2.39. The summed E-state index contributed by atoms with van der Waals surface area (Å²) in [5.41, 5.74) is 0.727. The lowest BCUT2D eigenvalue weighted by Crippen LogP contribution is -2.30. The van der Waals surface area contributed by atoms with Crippen LogP contribution in [0.2, 0.25) is 0 Å². The van der Waals surface area contributed by atoms with E-state index in [9.17, 15) is 14.0 Å². The number of nitrogens with zero attached hydrogens (tertiary/aromatic N) is 3. The average molecular weight is 409 g/mol. The molecule has 1 aliphatic heterocycles. The van der Waals surface area contributed by atoms with Gasteiger partial charge < -0.3 is 14.4 Å². The summed E-state index contributed by atoms with van der Waals surface area (Å²) in [7, 11) is 0. The van der Waals surface area contributed by atoms with Gasteiger partial charge in [0.15, 0.2) is 5.78 Å². The second kappa shape index (κ2) is 8.25. The molecule has 1 aliphatic rings. The summed E-state index contributed by atoms with van der Waals surface area (Å²) >= 11 is 0. The van der Waals surface area contributed by atoms with Crippen LogP contribution in [0.3, 0.4) is 0 Å². The first-order chi connectivity index (χ1) is 14.5. The number of pyridine rings is 1. The van der Waals surface area contributed by atoms with E-state index in [-0.39, 0.29) is 23.5 Å². The van der Waals surface area contributed by atoms with Crippen molar-refractivity contribution in [2.24, 2.45) is 0 Å². The fourth-order valence-corrected chi connectivity index (χ4v) is 3.69. The molecule has 154 valence electrons. The molecular formula is C22H20FN3O4. The maximum atomic E-state index is 13.4. The quantitative estimate of drug-likeness (QED) is 0.627. The molecule has 3 heterocycles. The van der Waals surface area contributed by atoms with Crippen molar-refractivity contribution < 1.29 is 19.0 Å². The van der Waals surface area contributed by atoms with Crippen LogP contribution < -0.4 is 5.56 Å². The maximum Gasteiger partial charge on any atom is 0.251 e. The predicted octanol–water partition coefficient (Wildman–Crippen LogP) is 2.05. The minimum Gasteiger partial charge on any atom is -0.388 e. The van der Waals surface area contributed by atoms with Gasteiger partial charge in [0, 0.05) is 31.3 Å². The average Bonchev–Trinajstić information content (AvgIpc) is 3.27. The molecule has 1 unspecified atom stereocenters. The van der Waals surface area contributed by atoms with Crippen molar-refractivity contribution in [2.75, 3.05) is 13.2 Å².